The van der Waals surface area contributed by atoms with Gasteiger partial charge in [0, 0.05) is 37.8 Å². The highest BCUT2D eigenvalue weighted by Gasteiger charge is 2.38. The Balaban J connectivity index is 1.60. The van der Waals surface area contributed by atoms with Gasteiger partial charge in [0.15, 0.2) is 11.9 Å². The second-order valence-electron chi connectivity index (χ2n) is 7.88. The number of halogens is 4. The molecule has 0 aliphatic carbocycles. The standard InChI is InChI=1S/C23H21F4N5O2/c1-14(23(25,26)27)34-20-5-3-15(9-28)22(33-2)18(20)13-31-8-7-19-16(11-31)12-32(30-19)21-6-4-17(24)10-29-21/h3-6,10,12,14H,7-8,11,13H2,1-2H3. The summed E-state index contributed by atoms with van der Waals surface area (Å²) in [6.07, 6.45) is -3.06. The number of fused-ring (bicyclic) bond motifs is 1. The van der Waals surface area contributed by atoms with E-state index in [0.29, 0.717) is 30.9 Å². The van der Waals surface area contributed by atoms with Crippen molar-refractivity contribution in [1.29, 1.82) is 5.26 Å². The lowest BCUT2D eigenvalue weighted by Gasteiger charge is -2.28. The van der Waals surface area contributed by atoms with Gasteiger partial charge in [-0.05, 0) is 31.2 Å². The number of rotatable bonds is 6. The number of nitriles is 1. The Hall–Kier alpha value is -3.65. The predicted octanol–water partition coefficient (Wildman–Crippen LogP) is 4.17. The maximum atomic E-state index is 13.2. The minimum absolute atomic E-state index is 0.0117. The second kappa shape index (κ2) is 9.30. The van der Waals surface area contributed by atoms with Gasteiger partial charge in [-0.1, -0.05) is 0 Å². The molecule has 4 rings (SSSR count). The van der Waals surface area contributed by atoms with Crippen molar-refractivity contribution in [2.45, 2.75) is 38.7 Å². The van der Waals surface area contributed by atoms with Crippen LogP contribution in [0.15, 0.2) is 36.7 Å². The summed E-state index contributed by atoms with van der Waals surface area (Å²) in [6, 6.07) is 7.58. The summed E-state index contributed by atoms with van der Waals surface area (Å²) >= 11 is 0. The first-order valence-corrected chi connectivity index (χ1v) is 10.4. The Bertz CT molecular complexity index is 1220. The minimum Gasteiger partial charge on any atom is -0.495 e. The number of benzene rings is 1. The molecule has 0 spiro atoms. The Morgan fingerprint density at radius 2 is 2.03 bits per heavy atom. The Morgan fingerprint density at radius 3 is 2.68 bits per heavy atom. The number of methoxy groups -OCH3 is 1. The lowest BCUT2D eigenvalue weighted by Crippen LogP contribution is -2.33. The number of nitrogens with zero attached hydrogens (tertiary/aromatic N) is 5. The van der Waals surface area contributed by atoms with Crippen LogP contribution < -0.4 is 9.47 Å². The van der Waals surface area contributed by atoms with Gasteiger partial charge >= 0.3 is 6.18 Å². The first-order chi connectivity index (χ1) is 16.2. The summed E-state index contributed by atoms with van der Waals surface area (Å²) in [5, 5.41) is 14.0. The van der Waals surface area contributed by atoms with E-state index < -0.39 is 18.1 Å². The molecule has 0 saturated carbocycles. The van der Waals surface area contributed by atoms with Crippen molar-refractivity contribution < 1.29 is 27.0 Å². The Kier molecular flexibility index (Phi) is 6.43. The van der Waals surface area contributed by atoms with Crippen LogP contribution in [0.3, 0.4) is 0 Å². The van der Waals surface area contributed by atoms with E-state index in [1.807, 2.05) is 11.0 Å². The van der Waals surface area contributed by atoms with E-state index in [1.54, 1.807) is 10.9 Å². The molecule has 1 aliphatic heterocycles. The summed E-state index contributed by atoms with van der Waals surface area (Å²) in [7, 11) is 1.37. The number of pyridine rings is 1. The van der Waals surface area contributed by atoms with Crippen LogP contribution in [0.1, 0.15) is 29.3 Å². The van der Waals surface area contributed by atoms with Crippen LogP contribution in [0, 0.1) is 17.1 Å². The van der Waals surface area contributed by atoms with Gasteiger partial charge in [-0.15, -0.1) is 0 Å². The van der Waals surface area contributed by atoms with E-state index in [-0.39, 0.29) is 23.6 Å². The van der Waals surface area contributed by atoms with E-state index >= 15 is 0 Å². The van der Waals surface area contributed by atoms with Crippen LogP contribution >= 0.6 is 0 Å². The minimum atomic E-state index is -4.54. The van der Waals surface area contributed by atoms with E-state index in [4.69, 9.17) is 9.47 Å². The molecule has 11 heteroatoms. The molecule has 178 valence electrons. The third-order valence-electron chi connectivity index (χ3n) is 5.57. The summed E-state index contributed by atoms with van der Waals surface area (Å²) in [5.74, 6) is 0.227. The van der Waals surface area contributed by atoms with Crippen molar-refractivity contribution in [2.75, 3.05) is 13.7 Å². The average Bonchev–Trinajstić information content (AvgIpc) is 3.23. The molecule has 1 aliphatic rings. The average molecular weight is 475 g/mol. The van der Waals surface area contributed by atoms with Gasteiger partial charge < -0.3 is 9.47 Å². The fourth-order valence-corrected chi connectivity index (χ4v) is 3.80. The van der Waals surface area contributed by atoms with Crippen molar-refractivity contribution in [2.24, 2.45) is 0 Å². The van der Waals surface area contributed by atoms with E-state index in [2.05, 4.69) is 10.1 Å². The van der Waals surface area contributed by atoms with Gasteiger partial charge in [-0.2, -0.15) is 23.5 Å². The largest absolute Gasteiger partial charge is 0.495 e. The third-order valence-corrected chi connectivity index (χ3v) is 5.57. The quantitative estimate of drug-likeness (QED) is 0.498. The molecule has 1 aromatic carbocycles. The molecule has 3 heterocycles. The van der Waals surface area contributed by atoms with Gasteiger partial charge in [-0.3, -0.25) is 4.90 Å². The number of hydrogen-bond donors (Lipinski definition) is 0. The molecule has 1 unspecified atom stereocenters. The van der Waals surface area contributed by atoms with Crippen LogP contribution in [0.5, 0.6) is 11.5 Å². The highest BCUT2D eigenvalue weighted by Crippen LogP contribution is 2.36. The van der Waals surface area contributed by atoms with Crippen molar-refractivity contribution >= 4 is 0 Å². The van der Waals surface area contributed by atoms with Gasteiger partial charge in [-0.25, -0.2) is 14.1 Å². The zero-order valence-electron chi connectivity index (χ0n) is 18.4. The molecule has 0 bridgehead atoms. The molecule has 0 N–H and O–H groups in total. The van der Waals surface area contributed by atoms with Crippen LogP contribution in [-0.4, -0.2) is 45.6 Å². The van der Waals surface area contributed by atoms with Crippen LogP contribution in [0.4, 0.5) is 17.6 Å². The number of aromatic nitrogens is 3. The van der Waals surface area contributed by atoms with Crippen molar-refractivity contribution in [1.82, 2.24) is 19.7 Å². The molecule has 1 atom stereocenters. The van der Waals surface area contributed by atoms with Crippen molar-refractivity contribution in [3.05, 3.63) is 64.9 Å². The maximum absolute atomic E-state index is 13.2. The molecule has 2 aromatic heterocycles. The zero-order valence-corrected chi connectivity index (χ0v) is 18.4. The van der Waals surface area contributed by atoms with Gasteiger partial charge in [0.1, 0.15) is 23.4 Å². The summed E-state index contributed by atoms with van der Waals surface area (Å²) in [6.45, 7) is 2.18. The van der Waals surface area contributed by atoms with Gasteiger partial charge in [0.05, 0.1) is 30.1 Å². The highest BCUT2D eigenvalue weighted by atomic mass is 19.4. The SMILES string of the molecule is COc1c(C#N)ccc(OC(C)C(F)(F)F)c1CN1CCc2nn(-c3ccc(F)cn3)cc2C1. The monoisotopic (exact) mass is 475 g/mol. The highest BCUT2D eigenvalue weighted by molar-refractivity contribution is 5.55. The lowest BCUT2D eigenvalue weighted by atomic mass is 10.0. The molecule has 0 saturated heterocycles. The fourth-order valence-electron chi connectivity index (χ4n) is 3.80. The summed E-state index contributed by atoms with van der Waals surface area (Å²) < 4.78 is 64.8. The maximum Gasteiger partial charge on any atom is 0.425 e. The van der Waals surface area contributed by atoms with E-state index in [1.165, 1.54) is 31.4 Å². The Morgan fingerprint density at radius 1 is 1.24 bits per heavy atom. The molecule has 0 amide bonds. The fraction of sp³-hybridized carbons (Fsp3) is 0.348. The molecule has 7 nitrogen and oxygen atoms in total. The van der Waals surface area contributed by atoms with Crippen LogP contribution in [0.25, 0.3) is 5.82 Å². The topological polar surface area (TPSA) is 76.2 Å². The zero-order chi connectivity index (χ0) is 24.5. The van der Waals surface area contributed by atoms with Gasteiger partial charge in [0.2, 0.25) is 0 Å². The molecule has 0 fully saturated rings. The lowest BCUT2D eigenvalue weighted by molar-refractivity contribution is -0.189. The van der Waals surface area contributed by atoms with Crippen molar-refractivity contribution in [3.8, 4) is 23.4 Å². The summed E-state index contributed by atoms with van der Waals surface area (Å²) in [4.78, 5) is 6.05. The molecule has 0 radical (unpaired) electrons. The number of alkyl halides is 3. The van der Waals surface area contributed by atoms with E-state index in [9.17, 15) is 22.8 Å². The van der Waals surface area contributed by atoms with Crippen LogP contribution in [0.2, 0.25) is 0 Å². The number of hydrogen-bond acceptors (Lipinski definition) is 6. The van der Waals surface area contributed by atoms with E-state index in [0.717, 1.165) is 24.4 Å². The number of ether oxygens (including phenoxy) is 2. The van der Waals surface area contributed by atoms with Gasteiger partial charge in [0.25, 0.3) is 0 Å². The molecule has 34 heavy (non-hydrogen) atoms. The molecular weight excluding hydrogens is 454 g/mol. The Labute approximate surface area is 193 Å². The first kappa shape index (κ1) is 23.5. The van der Waals surface area contributed by atoms with Crippen LogP contribution in [-0.2, 0) is 19.5 Å². The third kappa shape index (κ3) is 4.82. The predicted molar refractivity (Wildman–Crippen MR) is 113 cm³/mol. The normalized spacial score (nSPS) is 14.9. The second-order valence-corrected chi connectivity index (χ2v) is 7.88. The smallest absolute Gasteiger partial charge is 0.425 e. The first-order valence-electron chi connectivity index (χ1n) is 10.4. The molecular formula is C23H21F4N5O2. The summed E-state index contributed by atoms with van der Waals surface area (Å²) in [5.41, 5.74) is 2.35. The van der Waals surface area contributed by atoms with Crippen molar-refractivity contribution in [3.63, 3.8) is 0 Å². The molecule has 3 aromatic rings.